The first kappa shape index (κ1) is 17.3. The van der Waals surface area contributed by atoms with Gasteiger partial charge in [-0.25, -0.2) is 4.39 Å². The van der Waals surface area contributed by atoms with Crippen LogP contribution in [-0.2, 0) is 6.42 Å². The van der Waals surface area contributed by atoms with Crippen LogP contribution in [0.2, 0.25) is 0 Å². The predicted octanol–water partition coefficient (Wildman–Crippen LogP) is 2.50. The van der Waals surface area contributed by atoms with Crippen molar-refractivity contribution in [3.05, 3.63) is 35.8 Å². The van der Waals surface area contributed by atoms with Gasteiger partial charge in [0.15, 0.2) is 5.96 Å². The largest absolute Gasteiger partial charge is 0.361 e. The molecule has 6 heteroatoms. The number of halogens is 1. The van der Waals surface area contributed by atoms with E-state index in [0.717, 1.165) is 42.4 Å². The molecule has 0 amide bonds. The maximum atomic E-state index is 13.3. The second-order valence-corrected chi connectivity index (χ2v) is 7.67. The van der Waals surface area contributed by atoms with Gasteiger partial charge in [0.2, 0.25) is 0 Å². The summed E-state index contributed by atoms with van der Waals surface area (Å²) in [4.78, 5) is 10.1. The minimum absolute atomic E-state index is 0.209. The fourth-order valence-corrected chi connectivity index (χ4v) is 3.98. The number of fused-ring (bicyclic) bond motifs is 1. The van der Waals surface area contributed by atoms with Crippen molar-refractivity contribution in [3.63, 3.8) is 0 Å². The predicted molar refractivity (Wildman–Crippen MR) is 104 cm³/mol. The standard InChI is InChI=1S/C20H28FN5/c1-13-11-26(16-4-5-16)12-19(13)25-20(22-2)23-8-7-14-10-24-18-9-15(21)3-6-17(14)18/h3,6,9-10,13,16,19,24H,4-5,7-8,11-12H2,1-2H3,(H2,22,23,25). The minimum atomic E-state index is -0.209. The van der Waals surface area contributed by atoms with Crippen LogP contribution >= 0.6 is 0 Å². The molecule has 0 bridgehead atoms. The Labute approximate surface area is 154 Å². The average Bonchev–Trinajstić information content (AvgIpc) is 3.32. The third kappa shape index (κ3) is 3.70. The second-order valence-electron chi connectivity index (χ2n) is 7.67. The molecule has 1 aromatic heterocycles. The Morgan fingerprint density at radius 2 is 2.19 bits per heavy atom. The highest BCUT2D eigenvalue weighted by molar-refractivity contribution is 5.83. The lowest BCUT2D eigenvalue weighted by molar-refractivity contribution is 0.315. The lowest BCUT2D eigenvalue weighted by atomic mass is 10.1. The van der Waals surface area contributed by atoms with E-state index < -0.39 is 0 Å². The van der Waals surface area contributed by atoms with E-state index in [9.17, 15) is 4.39 Å². The first-order chi connectivity index (χ1) is 12.6. The van der Waals surface area contributed by atoms with Crippen LogP contribution in [0.4, 0.5) is 4.39 Å². The molecule has 2 aliphatic rings. The van der Waals surface area contributed by atoms with Gasteiger partial charge in [-0.2, -0.15) is 0 Å². The number of likely N-dealkylation sites (tertiary alicyclic amines) is 1. The van der Waals surface area contributed by atoms with Gasteiger partial charge in [-0.05, 0) is 48.9 Å². The number of nitrogens with one attached hydrogen (secondary N) is 3. The van der Waals surface area contributed by atoms with E-state index in [0.29, 0.717) is 12.0 Å². The number of aliphatic imine (C=N–C) groups is 1. The molecule has 2 heterocycles. The van der Waals surface area contributed by atoms with Gasteiger partial charge in [-0.15, -0.1) is 0 Å². The van der Waals surface area contributed by atoms with Crippen molar-refractivity contribution < 1.29 is 4.39 Å². The zero-order valence-corrected chi connectivity index (χ0v) is 15.6. The molecule has 0 spiro atoms. The third-order valence-corrected chi connectivity index (χ3v) is 5.67. The van der Waals surface area contributed by atoms with Crippen molar-refractivity contribution in [2.75, 3.05) is 26.7 Å². The number of rotatable bonds is 5. The Hall–Kier alpha value is -2.08. The normalized spacial score (nSPS) is 24.3. The fraction of sp³-hybridized carbons (Fsp3) is 0.550. The summed E-state index contributed by atoms with van der Waals surface area (Å²) in [6.45, 7) is 5.40. The van der Waals surface area contributed by atoms with Gasteiger partial charge >= 0.3 is 0 Å². The third-order valence-electron chi connectivity index (χ3n) is 5.67. The van der Waals surface area contributed by atoms with Crippen molar-refractivity contribution in [3.8, 4) is 0 Å². The number of hydrogen-bond donors (Lipinski definition) is 3. The van der Waals surface area contributed by atoms with Crippen LogP contribution in [-0.4, -0.2) is 54.6 Å². The molecule has 1 saturated carbocycles. The molecule has 2 atom stereocenters. The van der Waals surface area contributed by atoms with E-state index in [1.807, 2.05) is 19.3 Å². The Kier molecular flexibility index (Phi) is 4.85. The molecular formula is C20H28FN5. The summed E-state index contributed by atoms with van der Waals surface area (Å²) >= 11 is 0. The van der Waals surface area contributed by atoms with Crippen LogP contribution in [0.15, 0.2) is 29.4 Å². The summed E-state index contributed by atoms with van der Waals surface area (Å²) in [6.07, 6.45) is 5.55. The molecule has 1 aliphatic carbocycles. The van der Waals surface area contributed by atoms with Gasteiger partial charge in [0.05, 0.1) is 0 Å². The highest BCUT2D eigenvalue weighted by atomic mass is 19.1. The maximum absolute atomic E-state index is 13.3. The van der Waals surface area contributed by atoms with Gasteiger partial charge in [-0.3, -0.25) is 9.89 Å². The molecule has 26 heavy (non-hydrogen) atoms. The number of hydrogen-bond acceptors (Lipinski definition) is 2. The minimum Gasteiger partial charge on any atom is -0.361 e. The first-order valence-electron chi connectivity index (χ1n) is 9.61. The molecule has 1 aliphatic heterocycles. The second kappa shape index (κ2) is 7.27. The summed E-state index contributed by atoms with van der Waals surface area (Å²) in [6, 6.07) is 6.18. The van der Waals surface area contributed by atoms with E-state index in [1.165, 1.54) is 31.0 Å². The van der Waals surface area contributed by atoms with E-state index in [2.05, 4.69) is 32.4 Å². The lowest BCUT2D eigenvalue weighted by Gasteiger charge is -2.20. The lowest BCUT2D eigenvalue weighted by Crippen LogP contribution is -2.47. The highest BCUT2D eigenvalue weighted by Gasteiger charge is 2.38. The van der Waals surface area contributed by atoms with Gasteiger partial charge in [0.25, 0.3) is 0 Å². The van der Waals surface area contributed by atoms with E-state index in [4.69, 9.17) is 0 Å². The number of H-pyrrole nitrogens is 1. The highest BCUT2D eigenvalue weighted by Crippen LogP contribution is 2.31. The van der Waals surface area contributed by atoms with E-state index >= 15 is 0 Å². The topological polar surface area (TPSA) is 55.5 Å². The number of benzene rings is 1. The summed E-state index contributed by atoms with van der Waals surface area (Å²) < 4.78 is 13.3. The Morgan fingerprint density at radius 3 is 2.96 bits per heavy atom. The van der Waals surface area contributed by atoms with Crippen molar-refractivity contribution in [2.45, 2.75) is 38.3 Å². The molecular weight excluding hydrogens is 329 g/mol. The Balaban J connectivity index is 1.30. The quantitative estimate of drug-likeness (QED) is 0.569. The van der Waals surface area contributed by atoms with Crippen LogP contribution in [0.3, 0.4) is 0 Å². The molecule has 1 aromatic carbocycles. The summed E-state index contributed by atoms with van der Waals surface area (Å²) in [7, 11) is 1.82. The van der Waals surface area contributed by atoms with Gasteiger partial charge in [0.1, 0.15) is 5.82 Å². The monoisotopic (exact) mass is 357 g/mol. The Bertz CT molecular complexity index is 795. The van der Waals surface area contributed by atoms with E-state index in [-0.39, 0.29) is 5.82 Å². The van der Waals surface area contributed by atoms with Crippen LogP contribution in [0.1, 0.15) is 25.3 Å². The molecule has 3 N–H and O–H groups in total. The number of nitrogens with zero attached hydrogens (tertiary/aromatic N) is 2. The first-order valence-corrected chi connectivity index (χ1v) is 9.61. The summed E-state index contributed by atoms with van der Waals surface area (Å²) in [5.41, 5.74) is 2.04. The van der Waals surface area contributed by atoms with Crippen molar-refractivity contribution >= 4 is 16.9 Å². The Morgan fingerprint density at radius 1 is 1.35 bits per heavy atom. The molecule has 140 valence electrons. The van der Waals surface area contributed by atoms with Crippen LogP contribution in [0, 0.1) is 11.7 Å². The molecule has 5 nitrogen and oxygen atoms in total. The molecule has 2 fully saturated rings. The number of aromatic amines is 1. The number of aromatic nitrogens is 1. The average molecular weight is 357 g/mol. The molecule has 2 aromatic rings. The molecule has 0 radical (unpaired) electrons. The van der Waals surface area contributed by atoms with E-state index in [1.54, 1.807) is 6.07 Å². The van der Waals surface area contributed by atoms with Gasteiger partial charge in [0, 0.05) is 55.9 Å². The SMILES string of the molecule is CN=C(NCCc1c[nH]c2cc(F)ccc12)NC1CN(C2CC2)CC1C. The molecule has 4 rings (SSSR count). The molecule has 1 saturated heterocycles. The smallest absolute Gasteiger partial charge is 0.191 e. The van der Waals surface area contributed by atoms with Crippen LogP contribution in [0.5, 0.6) is 0 Å². The number of guanidine groups is 1. The fourth-order valence-electron chi connectivity index (χ4n) is 3.98. The zero-order chi connectivity index (χ0) is 18.1. The van der Waals surface area contributed by atoms with Crippen LogP contribution < -0.4 is 10.6 Å². The summed E-state index contributed by atoms with van der Waals surface area (Å²) in [5, 5.41) is 8.10. The van der Waals surface area contributed by atoms with Gasteiger partial charge < -0.3 is 15.6 Å². The molecule has 2 unspecified atom stereocenters. The van der Waals surface area contributed by atoms with Crippen molar-refractivity contribution in [1.82, 2.24) is 20.5 Å². The zero-order valence-electron chi connectivity index (χ0n) is 15.6. The maximum Gasteiger partial charge on any atom is 0.191 e. The van der Waals surface area contributed by atoms with Crippen LogP contribution in [0.25, 0.3) is 10.9 Å². The van der Waals surface area contributed by atoms with Gasteiger partial charge in [-0.1, -0.05) is 6.92 Å². The summed E-state index contributed by atoms with van der Waals surface area (Å²) in [5.74, 6) is 1.29. The van der Waals surface area contributed by atoms with Crippen molar-refractivity contribution in [1.29, 1.82) is 0 Å². The van der Waals surface area contributed by atoms with Crippen molar-refractivity contribution in [2.24, 2.45) is 10.9 Å².